The van der Waals surface area contributed by atoms with E-state index >= 15 is 0 Å². The lowest BCUT2D eigenvalue weighted by Crippen LogP contribution is -2.47. The van der Waals surface area contributed by atoms with Gasteiger partial charge in [0, 0.05) is 24.4 Å². The van der Waals surface area contributed by atoms with Gasteiger partial charge in [0.1, 0.15) is 0 Å². The van der Waals surface area contributed by atoms with Crippen LogP contribution in [-0.4, -0.2) is 32.1 Å². The number of rotatable bonds is 6. The molecule has 0 spiro atoms. The van der Waals surface area contributed by atoms with E-state index in [0.717, 1.165) is 12.1 Å². The standard InChI is InChI=1S/C12H17N3O5S/c1-2-20-10-6-9(7-10)14-21(18,19)12-5-8(13)3-4-11(12)15(16)17/h3-5,9-10,14H,2,6-7,13H2,1H3. The molecule has 0 amide bonds. The monoisotopic (exact) mass is 315 g/mol. The number of hydrogen-bond donors (Lipinski definition) is 2. The van der Waals surface area contributed by atoms with Crippen LogP contribution in [0.3, 0.4) is 0 Å². The molecule has 1 aromatic rings. The molecule has 0 aromatic heterocycles. The fourth-order valence-corrected chi connectivity index (χ4v) is 3.68. The summed E-state index contributed by atoms with van der Waals surface area (Å²) in [5.74, 6) is 0. The predicted octanol–water partition coefficient (Wildman–Crippen LogP) is 1.02. The Morgan fingerprint density at radius 2 is 2.14 bits per heavy atom. The van der Waals surface area contributed by atoms with Crippen LogP contribution >= 0.6 is 0 Å². The molecule has 0 radical (unpaired) electrons. The second-order valence-corrected chi connectivity index (χ2v) is 6.53. The molecule has 0 bridgehead atoms. The summed E-state index contributed by atoms with van der Waals surface area (Å²) in [5, 5.41) is 10.9. The van der Waals surface area contributed by atoms with Crippen LogP contribution in [0.2, 0.25) is 0 Å². The van der Waals surface area contributed by atoms with Gasteiger partial charge in [0.2, 0.25) is 10.0 Å². The molecular weight excluding hydrogens is 298 g/mol. The smallest absolute Gasteiger partial charge is 0.289 e. The molecule has 1 fully saturated rings. The third-order valence-electron chi connectivity index (χ3n) is 3.29. The van der Waals surface area contributed by atoms with Crippen molar-refractivity contribution < 1.29 is 18.1 Å². The van der Waals surface area contributed by atoms with Gasteiger partial charge in [-0.2, -0.15) is 0 Å². The van der Waals surface area contributed by atoms with Crippen LogP contribution in [-0.2, 0) is 14.8 Å². The van der Waals surface area contributed by atoms with Crippen molar-refractivity contribution in [1.82, 2.24) is 4.72 Å². The molecule has 0 atom stereocenters. The van der Waals surface area contributed by atoms with E-state index in [9.17, 15) is 18.5 Å². The molecule has 9 heteroatoms. The van der Waals surface area contributed by atoms with Gasteiger partial charge in [-0.1, -0.05) is 0 Å². The Bertz CT molecular complexity index is 640. The number of hydrogen-bond acceptors (Lipinski definition) is 6. The Kier molecular flexibility index (Phi) is 4.45. The first kappa shape index (κ1) is 15.7. The molecule has 1 aromatic carbocycles. The van der Waals surface area contributed by atoms with Gasteiger partial charge >= 0.3 is 0 Å². The van der Waals surface area contributed by atoms with Crippen molar-refractivity contribution in [2.45, 2.75) is 36.8 Å². The Morgan fingerprint density at radius 3 is 2.71 bits per heavy atom. The maximum Gasteiger partial charge on any atom is 0.289 e. The first-order valence-corrected chi connectivity index (χ1v) is 7.99. The zero-order valence-corrected chi connectivity index (χ0v) is 12.3. The van der Waals surface area contributed by atoms with Crippen LogP contribution in [0.5, 0.6) is 0 Å². The molecule has 116 valence electrons. The summed E-state index contributed by atoms with van der Waals surface area (Å²) >= 11 is 0. The van der Waals surface area contributed by atoms with Crippen molar-refractivity contribution in [2.75, 3.05) is 12.3 Å². The first-order valence-electron chi connectivity index (χ1n) is 6.51. The molecule has 21 heavy (non-hydrogen) atoms. The van der Waals surface area contributed by atoms with Crippen LogP contribution in [0.4, 0.5) is 11.4 Å². The summed E-state index contributed by atoms with van der Waals surface area (Å²) in [6.07, 6.45) is 1.16. The number of nitrogen functional groups attached to an aromatic ring is 1. The number of nitro benzene ring substituents is 1. The summed E-state index contributed by atoms with van der Waals surface area (Å²) in [6, 6.07) is 3.21. The van der Waals surface area contributed by atoms with Gasteiger partial charge in [-0.05, 0) is 31.9 Å². The lowest BCUT2D eigenvalue weighted by atomic mass is 9.90. The van der Waals surface area contributed by atoms with Crippen LogP contribution in [0.1, 0.15) is 19.8 Å². The second-order valence-electron chi connectivity index (χ2n) is 4.85. The van der Waals surface area contributed by atoms with E-state index in [2.05, 4.69) is 4.72 Å². The molecule has 2 rings (SSSR count). The highest BCUT2D eigenvalue weighted by atomic mass is 32.2. The number of ether oxygens (including phenoxy) is 1. The highest BCUT2D eigenvalue weighted by Crippen LogP contribution is 2.29. The Labute approximate surface area is 122 Å². The summed E-state index contributed by atoms with van der Waals surface area (Å²) in [5.41, 5.74) is 5.19. The van der Waals surface area contributed by atoms with Gasteiger partial charge in [-0.25, -0.2) is 13.1 Å². The van der Waals surface area contributed by atoms with Gasteiger partial charge in [0.15, 0.2) is 4.90 Å². The van der Waals surface area contributed by atoms with Crippen molar-refractivity contribution in [3.05, 3.63) is 28.3 Å². The molecule has 1 aliphatic carbocycles. The van der Waals surface area contributed by atoms with E-state index in [1.54, 1.807) is 0 Å². The van der Waals surface area contributed by atoms with Crippen molar-refractivity contribution in [3.63, 3.8) is 0 Å². The van der Waals surface area contributed by atoms with Crippen molar-refractivity contribution >= 4 is 21.4 Å². The van der Waals surface area contributed by atoms with E-state index in [1.165, 1.54) is 6.07 Å². The zero-order chi connectivity index (χ0) is 15.6. The van der Waals surface area contributed by atoms with E-state index in [0.29, 0.717) is 19.4 Å². The van der Waals surface area contributed by atoms with Gasteiger partial charge in [0.25, 0.3) is 5.69 Å². The molecule has 0 saturated heterocycles. The molecule has 0 aliphatic heterocycles. The summed E-state index contributed by atoms with van der Waals surface area (Å²) < 4.78 is 32.3. The maximum atomic E-state index is 12.3. The summed E-state index contributed by atoms with van der Waals surface area (Å²) in [6.45, 7) is 2.44. The second kappa shape index (κ2) is 5.96. The predicted molar refractivity (Wildman–Crippen MR) is 76.3 cm³/mol. The van der Waals surface area contributed by atoms with Crippen LogP contribution in [0.15, 0.2) is 23.1 Å². The van der Waals surface area contributed by atoms with Crippen LogP contribution in [0.25, 0.3) is 0 Å². The number of nitrogens with zero attached hydrogens (tertiary/aromatic N) is 1. The number of nitrogens with two attached hydrogens (primary N) is 1. The minimum atomic E-state index is -3.98. The maximum absolute atomic E-state index is 12.3. The third-order valence-corrected chi connectivity index (χ3v) is 4.84. The highest BCUT2D eigenvalue weighted by molar-refractivity contribution is 7.89. The molecule has 8 nitrogen and oxygen atoms in total. The number of nitrogens with one attached hydrogen (secondary N) is 1. The topological polar surface area (TPSA) is 125 Å². The molecule has 0 unspecified atom stereocenters. The third kappa shape index (κ3) is 3.49. The van der Waals surface area contributed by atoms with E-state index in [-0.39, 0.29) is 17.8 Å². The summed E-state index contributed by atoms with van der Waals surface area (Å²) in [4.78, 5) is 9.79. The Hall–Kier alpha value is -1.71. The average Bonchev–Trinajstić information content (AvgIpc) is 2.35. The number of nitro groups is 1. The van der Waals surface area contributed by atoms with Gasteiger partial charge < -0.3 is 10.5 Å². The fraction of sp³-hybridized carbons (Fsp3) is 0.500. The van der Waals surface area contributed by atoms with Gasteiger partial charge in [-0.3, -0.25) is 10.1 Å². The Morgan fingerprint density at radius 1 is 1.48 bits per heavy atom. The van der Waals surface area contributed by atoms with Crippen molar-refractivity contribution in [1.29, 1.82) is 0 Å². The lowest BCUT2D eigenvalue weighted by Gasteiger charge is -2.34. The largest absolute Gasteiger partial charge is 0.399 e. The molecule has 3 N–H and O–H groups in total. The SMILES string of the molecule is CCOC1CC(NS(=O)(=O)c2cc(N)ccc2[N+](=O)[O-])C1. The fourth-order valence-electron chi connectivity index (χ4n) is 2.21. The minimum Gasteiger partial charge on any atom is -0.399 e. The number of anilines is 1. The molecule has 1 saturated carbocycles. The zero-order valence-electron chi connectivity index (χ0n) is 11.5. The van der Waals surface area contributed by atoms with Gasteiger partial charge in [0.05, 0.1) is 11.0 Å². The highest BCUT2D eigenvalue weighted by Gasteiger charge is 2.35. The minimum absolute atomic E-state index is 0.0403. The molecule has 0 heterocycles. The van der Waals surface area contributed by atoms with Crippen molar-refractivity contribution in [3.8, 4) is 0 Å². The normalized spacial score (nSPS) is 21.8. The average molecular weight is 315 g/mol. The van der Waals surface area contributed by atoms with E-state index < -0.39 is 25.5 Å². The Balaban J connectivity index is 2.17. The van der Waals surface area contributed by atoms with E-state index in [1.807, 2.05) is 6.92 Å². The van der Waals surface area contributed by atoms with Gasteiger partial charge in [-0.15, -0.1) is 0 Å². The number of benzene rings is 1. The van der Waals surface area contributed by atoms with E-state index in [4.69, 9.17) is 10.5 Å². The van der Waals surface area contributed by atoms with Crippen LogP contribution < -0.4 is 10.5 Å². The molecule has 1 aliphatic rings. The number of sulfonamides is 1. The molecular formula is C12H17N3O5S. The van der Waals surface area contributed by atoms with Crippen molar-refractivity contribution in [2.24, 2.45) is 0 Å². The summed E-state index contributed by atoms with van der Waals surface area (Å²) in [7, 11) is -3.98. The van der Waals surface area contributed by atoms with Crippen LogP contribution in [0, 0.1) is 10.1 Å². The first-order chi connectivity index (χ1) is 9.83. The quantitative estimate of drug-likeness (QED) is 0.459. The lowest BCUT2D eigenvalue weighted by molar-refractivity contribution is -0.387.